The molecule has 12 heteroatoms. The molecule has 9 nitrogen and oxygen atoms in total. The Morgan fingerprint density at radius 2 is 1.57 bits per heavy atom. The number of hydrogen-bond acceptors (Lipinski definition) is 6. The molecule has 0 unspecified atom stereocenters. The first-order chi connectivity index (χ1) is 23.5. The number of rotatable bonds is 13. The minimum atomic E-state index is -4.50. The van der Waals surface area contributed by atoms with Gasteiger partial charge in [-0.05, 0) is 93.5 Å². The first-order valence-corrected chi connectivity index (χ1v) is 16.8. The fourth-order valence-corrected chi connectivity index (χ4v) is 5.92. The molecule has 1 aliphatic rings. The van der Waals surface area contributed by atoms with Crippen molar-refractivity contribution in [3.8, 4) is 5.69 Å². The van der Waals surface area contributed by atoms with Crippen molar-refractivity contribution < 1.29 is 22.8 Å². The van der Waals surface area contributed by atoms with Gasteiger partial charge in [-0.25, -0.2) is 4.68 Å². The number of hydrogen-bond donors (Lipinski definition) is 2. The molecule has 0 radical (unpaired) electrons. The number of alkyl halides is 3. The number of anilines is 3. The highest BCUT2D eigenvalue weighted by Crippen LogP contribution is 2.31. The van der Waals surface area contributed by atoms with Crippen LogP contribution in [0.15, 0.2) is 79.0 Å². The first-order valence-electron chi connectivity index (χ1n) is 16.8. The van der Waals surface area contributed by atoms with Crippen LogP contribution in [0.5, 0.6) is 0 Å². The average Bonchev–Trinajstić information content (AvgIpc) is 3.57. The van der Waals surface area contributed by atoms with Gasteiger partial charge < -0.3 is 25.3 Å². The highest BCUT2D eigenvalue weighted by Gasteiger charge is 2.30. The monoisotopic (exact) mass is 675 g/mol. The second kappa shape index (κ2) is 16.1. The number of nitrogens with one attached hydrogen (secondary N) is 2. The van der Waals surface area contributed by atoms with E-state index in [1.165, 1.54) is 29.1 Å². The molecule has 1 aromatic heterocycles. The molecule has 0 atom stereocenters. The van der Waals surface area contributed by atoms with Gasteiger partial charge in [0.2, 0.25) is 0 Å². The molecule has 260 valence electrons. The summed E-state index contributed by atoms with van der Waals surface area (Å²) in [7, 11) is 2.08. The van der Waals surface area contributed by atoms with E-state index in [1.807, 2.05) is 18.2 Å². The summed E-state index contributed by atoms with van der Waals surface area (Å²) < 4.78 is 41.1. The number of aromatic nitrogens is 2. The molecule has 2 heterocycles. The molecule has 0 saturated carbocycles. The Labute approximate surface area is 285 Å². The highest BCUT2D eigenvalue weighted by molar-refractivity contribution is 6.12. The van der Waals surface area contributed by atoms with Crippen molar-refractivity contribution in [3.05, 3.63) is 101 Å². The Hall–Kier alpha value is -4.68. The van der Waals surface area contributed by atoms with Crippen LogP contribution in [-0.2, 0) is 12.7 Å². The minimum Gasteiger partial charge on any atom is -0.372 e. The van der Waals surface area contributed by atoms with Crippen molar-refractivity contribution in [1.29, 1.82) is 0 Å². The molecule has 0 aliphatic carbocycles. The molecule has 1 fully saturated rings. The fourth-order valence-electron chi connectivity index (χ4n) is 5.92. The van der Waals surface area contributed by atoms with Crippen molar-refractivity contribution in [1.82, 2.24) is 19.6 Å². The normalized spacial score (nSPS) is 13.6. The van der Waals surface area contributed by atoms with Gasteiger partial charge in [0.15, 0.2) is 5.82 Å². The third-order valence-electron chi connectivity index (χ3n) is 8.85. The van der Waals surface area contributed by atoms with Gasteiger partial charge in [0.05, 0.1) is 22.5 Å². The standard InChI is InChI=1S/C37H44F3N7O2/c1-4-45(5-2)23-22-44(3)26-27-12-14-28(15-13-27)35(48)41-33-17-16-30(46-19-7-6-8-20-46)25-32(33)36(49)42-34-18-21-47(43-34)31-11-9-10-29(24-31)37(38,39)40/h9-18,21,24-25H,4-8,19-20,22-23,26H2,1-3H3,(H,41,48)(H,42,43,49). The Kier molecular flexibility index (Phi) is 11.7. The lowest BCUT2D eigenvalue weighted by Crippen LogP contribution is -2.32. The molecule has 1 aliphatic heterocycles. The fraction of sp³-hybridized carbons (Fsp3) is 0.378. The van der Waals surface area contributed by atoms with Crippen molar-refractivity contribution >= 4 is 29.0 Å². The number of likely N-dealkylation sites (N-methyl/N-ethyl adjacent to an activating group) is 2. The second-order valence-electron chi connectivity index (χ2n) is 12.3. The number of nitrogens with zero attached hydrogens (tertiary/aromatic N) is 5. The van der Waals surface area contributed by atoms with Crippen LogP contribution in [-0.4, -0.2) is 77.7 Å². The van der Waals surface area contributed by atoms with Crippen molar-refractivity contribution in [2.45, 2.75) is 45.8 Å². The van der Waals surface area contributed by atoms with Crippen LogP contribution in [0.4, 0.5) is 30.4 Å². The molecule has 3 aromatic carbocycles. The Morgan fingerprint density at radius 3 is 2.27 bits per heavy atom. The second-order valence-corrected chi connectivity index (χ2v) is 12.3. The summed E-state index contributed by atoms with van der Waals surface area (Å²) in [5.74, 6) is -0.706. The number of piperidine rings is 1. The molecule has 5 rings (SSSR count). The molecule has 2 N–H and O–H groups in total. The van der Waals surface area contributed by atoms with Gasteiger partial charge in [-0.3, -0.25) is 9.59 Å². The Balaban J connectivity index is 1.31. The van der Waals surface area contributed by atoms with E-state index in [4.69, 9.17) is 0 Å². The Morgan fingerprint density at radius 1 is 0.837 bits per heavy atom. The SMILES string of the molecule is CCN(CC)CCN(C)Cc1ccc(C(=O)Nc2ccc(N3CCCCC3)cc2C(=O)Nc2ccn(-c3cccc(C(F)(F)F)c3)n2)cc1. The van der Waals surface area contributed by atoms with Crippen LogP contribution in [0.25, 0.3) is 5.69 Å². The summed E-state index contributed by atoms with van der Waals surface area (Å²) in [5.41, 5.74) is 2.40. The highest BCUT2D eigenvalue weighted by atomic mass is 19.4. The van der Waals surface area contributed by atoms with E-state index in [-0.39, 0.29) is 23.0 Å². The van der Waals surface area contributed by atoms with Gasteiger partial charge in [0.25, 0.3) is 11.8 Å². The van der Waals surface area contributed by atoms with E-state index >= 15 is 0 Å². The summed E-state index contributed by atoms with van der Waals surface area (Å²) in [6.45, 7) is 10.8. The zero-order valence-corrected chi connectivity index (χ0v) is 28.3. The van der Waals surface area contributed by atoms with Gasteiger partial charge in [-0.15, -0.1) is 0 Å². The van der Waals surface area contributed by atoms with Gasteiger partial charge >= 0.3 is 6.18 Å². The van der Waals surface area contributed by atoms with Crippen LogP contribution in [0, 0.1) is 0 Å². The van der Waals surface area contributed by atoms with Gasteiger partial charge in [-0.2, -0.15) is 18.3 Å². The van der Waals surface area contributed by atoms with E-state index in [0.29, 0.717) is 11.3 Å². The molecule has 4 aromatic rings. The molecule has 49 heavy (non-hydrogen) atoms. The van der Waals surface area contributed by atoms with Crippen molar-refractivity contribution in [2.75, 3.05) is 61.8 Å². The molecular formula is C37H44F3N7O2. The van der Waals surface area contributed by atoms with Gasteiger partial charge in [-0.1, -0.05) is 32.0 Å². The van der Waals surface area contributed by atoms with Crippen LogP contribution in [0.1, 0.15) is 65.0 Å². The van der Waals surface area contributed by atoms with Crippen molar-refractivity contribution in [3.63, 3.8) is 0 Å². The maximum absolute atomic E-state index is 13.7. The van der Waals surface area contributed by atoms with E-state index in [1.54, 1.807) is 24.3 Å². The molecular weight excluding hydrogens is 631 g/mol. The minimum absolute atomic E-state index is 0.153. The van der Waals surface area contributed by atoms with E-state index < -0.39 is 17.6 Å². The zero-order chi connectivity index (χ0) is 35.0. The topological polar surface area (TPSA) is 85.7 Å². The molecule has 0 spiro atoms. The third kappa shape index (κ3) is 9.48. The lowest BCUT2D eigenvalue weighted by atomic mass is 10.1. The predicted octanol–water partition coefficient (Wildman–Crippen LogP) is 7.16. The van der Waals surface area contributed by atoms with Gasteiger partial charge in [0, 0.05) is 56.2 Å². The molecule has 0 bridgehead atoms. The first kappa shape index (κ1) is 35.6. The smallest absolute Gasteiger partial charge is 0.372 e. The average molecular weight is 676 g/mol. The lowest BCUT2D eigenvalue weighted by molar-refractivity contribution is -0.137. The van der Waals surface area contributed by atoms with E-state index in [2.05, 4.69) is 51.3 Å². The number of benzene rings is 3. The summed E-state index contributed by atoms with van der Waals surface area (Å²) in [4.78, 5) is 34.0. The van der Waals surface area contributed by atoms with Crippen LogP contribution >= 0.6 is 0 Å². The van der Waals surface area contributed by atoms with Crippen LogP contribution < -0.4 is 15.5 Å². The zero-order valence-electron chi connectivity index (χ0n) is 28.3. The molecule has 2 amide bonds. The largest absolute Gasteiger partial charge is 0.416 e. The van der Waals surface area contributed by atoms with E-state index in [0.717, 1.165) is 88.5 Å². The summed E-state index contributed by atoms with van der Waals surface area (Å²) >= 11 is 0. The summed E-state index contributed by atoms with van der Waals surface area (Å²) in [6.07, 6.45) is 0.232. The Bertz CT molecular complexity index is 1710. The number of halogens is 3. The maximum atomic E-state index is 13.7. The number of carbonyl (C=O) groups is 2. The van der Waals surface area contributed by atoms with Crippen molar-refractivity contribution in [2.24, 2.45) is 0 Å². The number of carbonyl (C=O) groups excluding carboxylic acids is 2. The number of amides is 2. The van der Waals surface area contributed by atoms with Gasteiger partial charge in [0.1, 0.15) is 0 Å². The van der Waals surface area contributed by atoms with Crippen LogP contribution in [0.3, 0.4) is 0 Å². The maximum Gasteiger partial charge on any atom is 0.416 e. The summed E-state index contributed by atoms with van der Waals surface area (Å²) in [5, 5.41) is 9.96. The quantitative estimate of drug-likeness (QED) is 0.157. The van der Waals surface area contributed by atoms with E-state index in [9.17, 15) is 22.8 Å². The van der Waals surface area contributed by atoms with Crippen LogP contribution in [0.2, 0.25) is 0 Å². The molecule has 1 saturated heterocycles. The predicted molar refractivity (Wildman–Crippen MR) is 188 cm³/mol. The third-order valence-corrected chi connectivity index (χ3v) is 8.85. The summed E-state index contributed by atoms with van der Waals surface area (Å²) in [6, 6.07) is 19.1. The lowest BCUT2D eigenvalue weighted by Gasteiger charge is -2.29.